The zero-order valence-electron chi connectivity index (χ0n) is 9.52. The fraction of sp³-hybridized carbons (Fsp3) is 0.333. The summed E-state index contributed by atoms with van der Waals surface area (Å²) in [5.74, 6) is 1.28. The fourth-order valence-corrected chi connectivity index (χ4v) is 1.70. The lowest BCUT2D eigenvalue weighted by atomic mass is 10.2. The highest BCUT2D eigenvalue weighted by Crippen LogP contribution is 2.19. The van der Waals surface area contributed by atoms with Gasteiger partial charge in [0, 0.05) is 30.2 Å². The maximum atomic E-state index is 5.17. The van der Waals surface area contributed by atoms with Crippen LogP contribution in [0.3, 0.4) is 0 Å². The largest absolute Gasteiger partial charge is 0.385 e. The van der Waals surface area contributed by atoms with E-state index >= 15 is 0 Å². The summed E-state index contributed by atoms with van der Waals surface area (Å²) in [7, 11) is 1.68. The number of benzene rings is 1. The van der Waals surface area contributed by atoms with Crippen LogP contribution in [0.2, 0.25) is 0 Å². The van der Waals surface area contributed by atoms with E-state index in [-0.39, 0.29) is 0 Å². The first-order valence-electron chi connectivity index (χ1n) is 5.37. The number of methoxy groups -OCH3 is 1. The van der Waals surface area contributed by atoms with Crippen LogP contribution >= 0.6 is 15.9 Å². The molecule has 0 aliphatic rings. The molecule has 0 aliphatic heterocycles. The Hall–Kier alpha value is -1.20. The molecule has 1 heterocycles. The summed E-state index contributed by atoms with van der Waals surface area (Å²) in [5.41, 5.74) is 0.954. The lowest BCUT2D eigenvalue weighted by Crippen LogP contribution is -1.92. The minimum atomic E-state index is 0.630. The van der Waals surface area contributed by atoms with Gasteiger partial charge in [-0.15, -0.1) is 0 Å². The van der Waals surface area contributed by atoms with E-state index in [1.807, 2.05) is 24.3 Å². The zero-order valence-corrected chi connectivity index (χ0v) is 11.1. The quantitative estimate of drug-likeness (QED) is 0.796. The van der Waals surface area contributed by atoms with Crippen LogP contribution in [0.4, 0.5) is 0 Å². The van der Waals surface area contributed by atoms with Crippen molar-refractivity contribution in [3.63, 3.8) is 0 Å². The van der Waals surface area contributed by atoms with E-state index in [1.165, 1.54) is 0 Å². The maximum Gasteiger partial charge on any atom is 0.227 e. The van der Waals surface area contributed by atoms with E-state index in [9.17, 15) is 0 Å². The average molecular weight is 297 g/mol. The lowest BCUT2D eigenvalue weighted by Gasteiger charge is -1.94. The van der Waals surface area contributed by atoms with Gasteiger partial charge in [0.2, 0.25) is 11.7 Å². The molecule has 17 heavy (non-hydrogen) atoms. The summed E-state index contributed by atoms with van der Waals surface area (Å²) in [6, 6.07) is 7.81. The predicted octanol–water partition coefficient (Wildman–Crippen LogP) is 3.08. The molecule has 0 saturated heterocycles. The Kier molecular flexibility index (Phi) is 4.28. The molecule has 0 radical (unpaired) electrons. The average Bonchev–Trinajstić information content (AvgIpc) is 2.79. The standard InChI is InChI=1S/C12H13BrN2O2/c1-16-8-2-3-11-14-12(15-17-11)9-4-6-10(13)7-5-9/h4-7H,2-3,8H2,1H3. The fourth-order valence-electron chi connectivity index (χ4n) is 1.44. The van der Waals surface area contributed by atoms with Gasteiger partial charge in [-0.25, -0.2) is 0 Å². The summed E-state index contributed by atoms with van der Waals surface area (Å²) in [4.78, 5) is 4.33. The van der Waals surface area contributed by atoms with Gasteiger partial charge in [-0.3, -0.25) is 0 Å². The summed E-state index contributed by atoms with van der Waals surface area (Å²) in [6.45, 7) is 0.704. The molecule has 0 bridgehead atoms. The molecular formula is C12H13BrN2O2. The first-order valence-corrected chi connectivity index (χ1v) is 6.16. The molecule has 0 spiro atoms. The van der Waals surface area contributed by atoms with Gasteiger partial charge >= 0.3 is 0 Å². The van der Waals surface area contributed by atoms with Crippen LogP contribution in [-0.4, -0.2) is 23.9 Å². The molecule has 4 nitrogen and oxygen atoms in total. The second-order valence-corrected chi connectivity index (χ2v) is 4.53. The van der Waals surface area contributed by atoms with E-state index in [0.29, 0.717) is 18.3 Å². The molecular weight excluding hydrogens is 284 g/mol. The van der Waals surface area contributed by atoms with Crippen molar-refractivity contribution in [2.45, 2.75) is 12.8 Å². The first kappa shape index (κ1) is 12.3. The molecule has 1 aromatic carbocycles. The smallest absolute Gasteiger partial charge is 0.227 e. The Morgan fingerprint density at radius 1 is 1.29 bits per heavy atom. The maximum absolute atomic E-state index is 5.17. The Morgan fingerprint density at radius 2 is 2.06 bits per heavy atom. The van der Waals surface area contributed by atoms with Crippen molar-refractivity contribution in [1.29, 1.82) is 0 Å². The number of hydrogen-bond acceptors (Lipinski definition) is 4. The number of aromatic nitrogens is 2. The van der Waals surface area contributed by atoms with Crippen LogP contribution in [0.1, 0.15) is 12.3 Å². The van der Waals surface area contributed by atoms with Crippen LogP contribution in [-0.2, 0) is 11.2 Å². The van der Waals surface area contributed by atoms with E-state index in [2.05, 4.69) is 26.1 Å². The van der Waals surface area contributed by atoms with Crippen LogP contribution in [0, 0.1) is 0 Å². The van der Waals surface area contributed by atoms with Gasteiger partial charge in [0.1, 0.15) is 0 Å². The van der Waals surface area contributed by atoms with Crippen molar-refractivity contribution in [1.82, 2.24) is 10.1 Å². The Morgan fingerprint density at radius 3 is 2.76 bits per heavy atom. The van der Waals surface area contributed by atoms with E-state index in [0.717, 1.165) is 22.9 Å². The molecule has 2 rings (SSSR count). The summed E-state index contributed by atoms with van der Waals surface area (Å²) >= 11 is 3.39. The molecule has 0 atom stereocenters. The van der Waals surface area contributed by atoms with Crippen LogP contribution in [0.15, 0.2) is 33.3 Å². The number of rotatable bonds is 5. The molecule has 1 aromatic heterocycles. The Labute approximate surface area is 108 Å². The third-order valence-corrected chi connectivity index (χ3v) is 2.84. The highest BCUT2D eigenvalue weighted by atomic mass is 79.9. The van der Waals surface area contributed by atoms with Gasteiger partial charge in [0.15, 0.2) is 0 Å². The lowest BCUT2D eigenvalue weighted by molar-refractivity contribution is 0.192. The van der Waals surface area contributed by atoms with Crippen LogP contribution < -0.4 is 0 Å². The van der Waals surface area contributed by atoms with Gasteiger partial charge in [-0.05, 0) is 30.7 Å². The monoisotopic (exact) mass is 296 g/mol. The molecule has 0 unspecified atom stereocenters. The topological polar surface area (TPSA) is 48.2 Å². The molecule has 0 aliphatic carbocycles. The van der Waals surface area contributed by atoms with Gasteiger partial charge < -0.3 is 9.26 Å². The van der Waals surface area contributed by atoms with E-state index in [4.69, 9.17) is 9.26 Å². The number of aryl methyl sites for hydroxylation is 1. The molecule has 0 fully saturated rings. The zero-order chi connectivity index (χ0) is 12.1. The molecule has 2 aromatic rings. The predicted molar refractivity (Wildman–Crippen MR) is 67.6 cm³/mol. The SMILES string of the molecule is COCCCc1nc(-c2ccc(Br)cc2)no1. The second kappa shape index (κ2) is 5.93. The van der Waals surface area contributed by atoms with Gasteiger partial charge in [0.05, 0.1) is 0 Å². The number of halogens is 1. The van der Waals surface area contributed by atoms with Gasteiger partial charge in [-0.1, -0.05) is 21.1 Å². The van der Waals surface area contributed by atoms with Crippen molar-refractivity contribution in [3.8, 4) is 11.4 Å². The Balaban J connectivity index is 2.04. The first-order chi connectivity index (χ1) is 8.29. The number of nitrogens with zero attached hydrogens (tertiary/aromatic N) is 2. The minimum Gasteiger partial charge on any atom is -0.385 e. The third kappa shape index (κ3) is 3.38. The van der Waals surface area contributed by atoms with Crippen molar-refractivity contribution >= 4 is 15.9 Å². The molecule has 90 valence electrons. The van der Waals surface area contributed by atoms with E-state index < -0.39 is 0 Å². The minimum absolute atomic E-state index is 0.630. The normalized spacial score (nSPS) is 10.7. The Bertz CT molecular complexity index is 468. The summed E-state index contributed by atoms with van der Waals surface area (Å²) in [6.07, 6.45) is 1.63. The highest BCUT2D eigenvalue weighted by molar-refractivity contribution is 9.10. The van der Waals surface area contributed by atoms with E-state index in [1.54, 1.807) is 7.11 Å². The molecule has 0 amide bonds. The number of ether oxygens (including phenoxy) is 1. The molecule has 0 saturated carbocycles. The number of hydrogen-bond donors (Lipinski definition) is 0. The molecule has 5 heteroatoms. The van der Waals surface area contributed by atoms with Crippen molar-refractivity contribution in [2.75, 3.05) is 13.7 Å². The van der Waals surface area contributed by atoms with Crippen molar-refractivity contribution in [2.24, 2.45) is 0 Å². The van der Waals surface area contributed by atoms with Crippen LogP contribution in [0.5, 0.6) is 0 Å². The van der Waals surface area contributed by atoms with Crippen molar-refractivity contribution < 1.29 is 9.26 Å². The highest BCUT2D eigenvalue weighted by Gasteiger charge is 2.07. The third-order valence-electron chi connectivity index (χ3n) is 2.31. The van der Waals surface area contributed by atoms with Gasteiger partial charge in [0.25, 0.3) is 0 Å². The van der Waals surface area contributed by atoms with Crippen LogP contribution in [0.25, 0.3) is 11.4 Å². The summed E-state index contributed by atoms with van der Waals surface area (Å²) < 4.78 is 11.2. The van der Waals surface area contributed by atoms with Gasteiger partial charge in [-0.2, -0.15) is 4.98 Å². The summed E-state index contributed by atoms with van der Waals surface area (Å²) in [5, 5.41) is 3.95. The van der Waals surface area contributed by atoms with Crippen molar-refractivity contribution in [3.05, 3.63) is 34.6 Å². The molecule has 0 N–H and O–H groups in total. The second-order valence-electron chi connectivity index (χ2n) is 3.61.